The number of carboxylic acid groups (broad SMARTS) is 1. The predicted octanol–water partition coefficient (Wildman–Crippen LogP) is 3.32. The molecule has 1 N–H and O–H groups in total. The summed E-state index contributed by atoms with van der Waals surface area (Å²) in [5.41, 5.74) is 1.74. The maximum absolute atomic E-state index is 11.4. The van der Waals surface area contributed by atoms with Crippen molar-refractivity contribution < 1.29 is 28.8 Å². The molecule has 1 aromatic heterocycles. The van der Waals surface area contributed by atoms with Crippen molar-refractivity contribution in [2.45, 2.75) is 26.4 Å². The average molecular weight is 552 g/mol. The van der Waals surface area contributed by atoms with Gasteiger partial charge in [0.15, 0.2) is 11.9 Å². The highest BCUT2D eigenvalue weighted by Gasteiger charge is 2.20. The standard InChI is InChI=1S/C29H37N5O6/c1-4-38-23-12-8-22(9-13-23)26-30-28(32-29(31-26)34-15-17-37-18-16-34)33(3)14-19-40-24-10-6-21(7-11-24)20-25(27(35)36)39-5-2/h6-13,25H,4-5,14-20H2,1-3H3,(H,35,36). The number of anilines is 2. The fraction of sp³-hybridized carbons (Fsp3) is 0.448. The fourth-order valence-electron chi connectivity index (χ4n) is 4.18. The van der Waals surface area contributed by atoms with Gasteiger partial charge in [0.1, 0.15) is 18.1 Å². The molecule has 1 aliphatic heterocycles. The summed E-state index contributed by atoms with van der Waals surface area (Å²) in [5, 5.41) is 9.30. The van der Waals surface area contributed by atoms with Crippen LogP contribution in [0.15, 0.2) is 48.5 Å². The molecule has 1 fully saturated rings. The topological polar surface area (TPSA) is 119 Å². The molecule has 4 rings (SSSR count). The number of hydrogen-bond donors (Lipinski definition) is 1. The Morgan fingerprint density at radius 1 is 0.975 bits per heavy atom. The van der Waals surface area contributed by atoms with Crippen LogP contribution >= 0.6 is 0 Å². The third-order valence-electron chi connectivity index (χ3n) is 6.35. The number of benzene rings is 2. The second kappa shape index (κ2) is 14.4. The molecule has 0 radical (unpaired) electrons. The minimum atomic E-state index is -0.967. The Balaban J connectivity index is 1.42. The first-order valence-electron chi connectivity index (χ1n) is 13.6. The summed E-state index contributed by atoms with van der Waals surface area (Å²) in [6.07, 6.45) is -0.561. The van der Waals surface area contributed by atoms with Crippen molar-refractivity contribution in [2.75, 3.05) is 69.5 Å². The van der Waals surface area contributed by atoms with Crippen LogP contribution in [-0.2, 0) is 20.7 Å². The molecular weight excluding hydrogens is 514 g/mol. The zero-order chi connectivity index (χ0) is 28.3. The monoisotopic (exact) mass is 551 g/mol. The smallest absolute Gasteiger partial charge is 0.333 e. The van der Waals surface area contributed by atoms with E-state index in [-0.39, 0.29) is 0 Å². The zero-order valence-electron chi connectivity index (χ0n) is 23.3. The molecule has 2 aromatic carbocycles. The maximum atomic E-state index is 11.4. The SMILES string of the molecule is CCOc1ccc(-c2nc(N(C)CCOc3ccc(CC(OCC)C(=O)O)cc3)nc(N3CCOCC3)n2)cc1. The quantitative estimate of drug-likeness (QED) is 0.318. The number of hydrogen-bond acceptors (Lipinski definition) is 10. The fourth-order valence-corrected chi connectivity index (χ4v) is 4.18. The van der Waals surface area contributed by atoms with Crippen LogP contribution in [0.3, 0.4) is 0 Å². The van der Waals surface area contributed by atoms with E-state index in [0.717, 1.165) is 16.9 Å². The van der Waals surface area contributed by atoms with E-state index in [1.54, 1.807) is 6.92 Å². The summed E-state index contributed by atoms with van der Waals surface area (Å²) in [6.45, 7) is 8.33. The molecule has 0 saturated carbocycles. The van der Waals surface area contributed by atoms with Gasteiger partial charge in [0.25, 0.3) is 0 Å². The number of morpholine rings is 1. The Labute approximate surface area is 234 Å². The van der Waals surface area contributed by atoms with Crippen molar-refractivity contribution in [3.05, 3.63) is 54.1 Å². The highest BCUT2D eigenvalue weighted by atomic mass is 16.5. The first-order chi connectivity index (χ1) is 19.5. The van der Waals surface area contributed by atoms with Crippen molar-refractivity contribution in [1.82, 2.24) is 15.0 Å². The van der Waals surface area contributed by atoms with Crippen LogP contribution in [0, 0.1) is 0 Å². The second-order valence-electron chi connectivity index (χ2n) is 9.22. The van der Waals surface area contributed by atoms with Gasteiger partial charge in [-0.3, -0.25) is 0 Å². The largest absolute Gasteiger partial charge is 0.494 e. The van der Waals surface area contributed by atoms with Crippen molar-refractivity contribution in [1.29, 1.82) is 0 Å². The lowest BCUT2D eigenvalue weighted by atomic mass is 10.1. The molecule has 214 valence electrons. The van der Waals surface area contributed by atoms with Crippen LogP contribution in [-0.4, -0.2) is 91.8 Å². The third kappa shape index (κ3) is 8.03. The van der Waals surface area contributed by atoms with Crippen molar-refractivity contribution in [3.63, 3.8) is 0 Å². The van der Waals surface area contributed by atoms with Gasteiger partial charge < -0.3 is 33.9 Å². The van der Waals surface area contributed by atoms with Crippen molar-refractivity contribution >= 4 is 17.9 Å². The lowest BCUT2D eigenvalue weighted by Gasteiger charge is -2.28. The van der Waals surface area contributed by atoms with E-state index in [4.69, 9.17) is 33.9 Å². The summed E-state index contributed by atoms with van der Waals surface area (Å²) in [7, 11) is 1.92. The van der Waals surface area contributed by atoms with Crippen LogP contribution in [0.5, 0.6) is 11.5 Å². The molecule has 11 heteroatoms. The van der Waals surface area contributed by atoms with E-state index in [2.05, 4.69) is 4.90 Å². The lowest BCUT2D eigenvalue weighted by molar-refractivity contribution is -0.149. The molecular formula is C29H37N5O6. The minimum absolute atomic E-state index is 0.299. The molecule has 2 heterocycles. The second-order valence-corrected chi connectivity index (χ2v) is 9.22. The molecule has 0 spiro atoms. The van der Waals surface area contributed by atoms with Crippen molar-refractivity contribution in [3.8, 4) is 22.9 Å². The third-order valence-corrected chi connectivity index (χ3v) is 6.35. The molecule has 11 nitrogen and oxygen atoms in total. The first kappa shape index (κ1) is 29.0. The van der Waals surface area contributed by atoms with Gasteiger partial charge in [0, 0.05) is 38.7 Å². The Kier molecular flexibility index (Phi) is 10.5. The molecule has 1 atom stereocenters. The van der Waals surface area contributed by atoms with Crippen LogP contribution in [0.2, 0.25) is 0 Å². The average Bonchev–Trinajstić information content (AvgIpc) is 2.98. The summed E-state index contributed by atoms with van der Waals surface area (Å²) in [6, 6.07) is 15.1. The van der Waals surface area contributed by atoms with Gasteiger partial charge in [-0.2, -0.15) is 15.0 Å². The van der Waals surface area contributed by atoms with E-state index < -0.39 is 12.1 Å². The lowest BCUT2D eigenvalue weighted by Crippen LogP contribution is -2.38. The van der Waals surface area contributed by atoms with Crippen molar-refractivity contribution in [2.24, 2.45) is 0 Å². The Morgan fingerprint density at radius 2 is 1.65 bits per heavy atom. The Bertz CT molecular complexity index is 1220. The number of aromatic nitrogens is 3. The molecule has 1 aliphatic rings. The number of aliphatic carboxylic acids is 1. The van der Waals surface area contributed by atoms with E-state index in [0.29, 0.717) is 82.6 Å². The summed E-state index contributed by atoms with van der Waals surface area (Å²) in [4.78, 5) is 29.7. The van der Waals surface area contributed by atoms with Gasteiger partial charge in [-0.15, -0.1) is 0 Å². The maximum Gasteiger partial charge on any atom is 0.333 e. The van der Waals surface area contributed by atoms with E-state index in [9.17, 15) is 9.90 Å². The van der Waals surface area contributed by atoms with E-state index in [1.165, 1.54) is 0 Å². The molecule has 0 bridgehead atoms. The van der Waals surface area contributed by atoms with Crippen LogP contribution < -0.4 is 19.3 Å². The number of rotatable bonds is 14. The summed E-state index contributed by atoms with van der Waals surface area (Å²) in [5.74, 6) is 2.28. The van der Waals surface area contributed by atoms with Crippen LogP contribution in [0.25, 0.3) is 11.4 Å². The van der Waals surface area contributed by atoms with Gasteiger partial charge in [-0.25, -0.2) is 4.79 Å². The predicted molar refractivity (Wildman–Crippen MR) is 151 cm³/mol. The molecule has 1 saturated heterocycles. The summed E-state index contributed by atoms with van der Waals surface area (Å²) < 4.78 is 22.3. The number of carbonyl (C=O) groups is 1. The van der Waals surface area contributed by atoms with E-state index >= 15 is 0 Å². The number of nitrogens with zero attached hydrogens (tertiary/aromatic N) is 5. The first-order valence-corrected chi connectivity index (χ1v) is 13.6. The zero-order valence-corrected chi connectivity index (χ0v) is 23.3. The molecule has 0 amide bonds. The van der Waals surface area contributed by atoms with Gasteiger partial charge in [0.05, 0.1) is 26.4 Å². The van der Waals surface area contributed by atoms with E-state index in [1.807, 2.05) is 67.4 Å². The van der Waals surface area contributed by atoms with Gasteiger partial charge in [-0.1, -0.05) is 12.1 Å². The van der Waals surface area contributed by atoms with Crippen LogP contribution in [0.4, 0.5) is 11.9 Å². The number of likely N-dealkylation sites (N-methyl/N-ethyl adjacent to an activating group) is 1. The molecule has 40 heavy (non-hydrogen) atoms. The van der Waals surface area contributed by atoms with Gasteiger partial charge >= 0.3 is 5.97 Å². The Hall–Kier alpha value is -3.96. The number of carboxylic acids is 1. The molecule has 1 unspecified atom stereocenters. The minimum Gasteiger partial charge on any atom is -0.494 e. The highest BCUT2D eigenvalue weighted by Crippen LogP contribution is 2.24. The number of ether oxygens (including phenoxy) is 4. The van der Waals surface area contributed by atoms with Gasteiger partial charge in [0.2, 0.25) is 11.9 Å². The molecule has 3 aromatic rings. The Morgan fingerprint density at radius 3 is 2.30 bits per heavy atom. The normalized spacial score (nSPS) is 14.0. The van der Waals surface area contributed by atoms with Gasteiger partial charge in [-0.05, 0) is 55.8 Å². The highest BCUT2D eigenvalue weighted by molar-refractivity contribution is 5.72. The molecule has 0 aliphatic carbocycles. The van der Waals surface area contributed by atoms with Crippen LogP contribution in [0.1, 0.15) is 19.4 Å². The summed E-state index contributed by atoms with van der Waals surface area (Å²) >= 11 is 0.